The van der Waals surface area contributed by atoms with Gasteiger partial charge in [-0.05, 0) is 23.8 Å². The molecule has 0 aliphatic rings. The molecule has 0 spiro atoms. The molecule has 0 aliphatic carbocycles. The quantitative estimate of drug-likeness (QED) is 0.695. The molecule has 0 bridgehead atoms. The Morgan fingerprint density at radius 3 is 2.68 bits per heavy atom. The fourth-order valence-corrected chi connectivity index (χ4v) is 2.55. The highest BCUT2D eigenvalue weighted by atomic mass is 16.5. The Morgan fingerprint density at radius 2 is 2.00 bits per heavy atom. The summed E-state index contributed by atoms with van der Waals surface area (Å²) in [6.45, 7) is 0.653. The first kappa shape index (κ1) is 13.9. The fourth-order valence-electron chi connectivity index (χ4n) is 2.55. The number of esters is 1. The molecule has 0 unspecified atom stereocenters. The molecule has 3 rings (SSSR count). The normalized spacial score (nSPS) is 10.4. The maximum Gasteiger partial charge on any atom is 0.340 e. The second-order valence-electron chi connectivity index (χ2n) is 4.99. The van der Waals surface area contributed by atoms with Crippen molar-refractivity contribution in [2.45, 2.75) is 6.54 Å². The Kier molecular flexibility index (Phi) is 3.63. The maximum absolute atomic E-state index is 12.0. The van der Waals surface area contributed by atoms with Gasteiger partial charge in [-0.25, -0.2) is 4.79 Å². The van der Waals surface area contributed by atoms with Gasteiger partial charge in [0.15, 0.2) is 0 Å². The van der Waals surface area contributed by atoms with Crippen molar-refractivity contribution in [2.24, 2.45) is 0 Å². The minimum absolute atomic E-state index is 0.396. The van der Waals surface area contributed by atoms with Crippen LogP contribution in [0.25, 0.3) is 10.9 Å². The molecule has 0 saturated carbocycles. The van der Waals surface area contributed by atoms with Crippen molar-refractivity contribution in [3.8, 4) is 6.07 Å². The Bertz CT molecular complexity index is 873. The summed E-state index contributed by atoms with van der Waals surface area (Å²) in [6.07, 6.45) is 1.78. The number of hydrogen-bond donors (Lipinski definition) is 0. The van der Waals surface area contributed by atoms with E-state index in [1.165, 1.54) is 7.11 Å². The van der Waals surface area contributed by atoms with Crippen LogP contribution >= 0.6 is 0 Å². The minimum Gasteiger partial charge on any atom is -0.465 e. The maximum atomic E-state index is 12.0. The SMILES string of the molecule is COC(=O)c1cn(Cc2ccccc2)c2ccc(C#N)cc12. The zero-order valence-electron chi connectivity index (χ0n) is 12.1. The zero-order valence-corrected chi connectivity index (χ0v) is 12.1. The van der Waals surface area contributed by atoms with Crippen LogP contribution < -0.4 is 0 Å². The van der Waals surface area contributed by atoms with Gasteiger partial charge in [0.1, 0.15) is 0 Å². The van der Waals surface area contributed by atoms with E-state index in [0.29, 0.717) is 17.7 Å². The van der Waals surface area contributed by atoms with Crippen molar-refractivity contribution in [2.75, 3.05) is 7.11 Å². The number of nitriles is 1. The number of ether oxygens (including phenoxy) is 1. The van der Waals surface area contributed by atoms with E-state index >= 15 is 0 Å². The van der Waals surface area contributed by atoms with Gasteiger partial charge in [-0.2, -0.15) is 5.26 Å². The Morgan fingerprint density at radius 1 is 1.23 bits per heavy atom. The molecule has 0 amide bonds. The van der Waals surface area contributed by atoms with E-state index < -0.39 is 5.97 Å². The van der Waals surface area contributed by atoms with Crippen LogP contribution in [-0.4, -0.2) is 17.6 Å². The van der Waals surface area contributed by atoms with Crippen molar-refractivity contribution in [1.82, 2.24) is 4.57 Å². The lowest BCUT2D eigenvalue weighted by Crippen LogP contribution is -2.01. The van der Waals surface area contributed by atoms with Gasteiger partial charge in [0, 0.05) is 23.6 Å². The number of hydrogen-bond acceptors (Lipinski definition) is 3. The number of carbonyl (C=O) groups is 1. The first-order chi connectivity index (χ1) is 10.7. The average molecular weight is 290 g/mol. The van der Waals surface area contributed by atoms with E-state index in [1.807, 2.05) is 41.0 Å². The molecule has 4 heteroatoms. The van der Waals surface area contributed by atoms with Crippen molar-refractivity contribution < 1.29 is 9.53 Å². The molecular weight excluding hydrogens is 276 g/mol. The van der Waals surface area contributed by atoms with Crippen LogP contribution in [0.5, 0.6) is 0 Å². The topological polar surface area (TPSA) is 55.0 Å². The molecule has 2 aromatic carbocycles. The first-order valence-corrected chi connectivity index (χ1v) is 6.88. The average Bonchev–Trinajstić information content (AvgIpc) is 2.93. The van der Waals surface area contributed by atoms with Gasteiger partial charge in [-0.3, -0.25) is 0 Å². The predicted octanol–water partition coefficient (Wildman–Crippen LogP) is 3.35. The number of carbonyl (C=O) groups excluding carboxylic acids is 1. The molecule has 1 heterocycles. The summed E-state index contributed by atoms with van der Waals surface area (Å²) in [5.41, 5.74) is 3.05. The summed E-state index contributed by atoms with van der Waals surface area (Å²) in [7, 11) is 1.36. The van der Waals surface area contributed by atoms with E-state index in [1.54, 1.807) is 18.3 Å². The van der Waals surface area contributed by atoms with E-state index in [2.05, 4.69) is 6.07 Å². The highest BCUT2D eigenvalue weighted by Crippen LogP contribution is 2.24. The molecule has 0 fully saturated rings. The molecule has 1 aromatic heterocycles. The van der Waals surface area contributed by atoms with Gasteiger partial charge >= 0.3 is 5.97 Å². The molecule has 0 radical (unpaired) electrons. The van der Waals surface area contributed by atoms with E-state index in [4.69, 9.17) is 10.00 Å². The number of fused-ring (bicyclic) bond motifs is 1. The summed E-state index contributed by atoms with van der Waals surface area (Å²) < 4.78 is 6.84. The highest BCUT2D eigenvalue weighted by molar-refractivity contribution is 6.04. The van der Waals surface area contributed by atoms with Crippen molar-refractivity contribution in [3.63, 3.8) is 0 Å². The van der Waals surface area contributed by atoms with Crippen LogP contribution in [0.4, 0.5) is 0 Å². The minimum atomic E-state index is -0.396. The van der Waals surface area contributed by atoms with Crippen molar-refractivity contribution >= 4 is 16.9 Å². The second kappa shape index (κ2) is 5.74. The summed E-state index contributed by atoms with van der Waals surface area (Å²) in [4.78, 5) is 12.0. The standard InChI is InChI=1S/C18H14N2O2/c1-22-18(21)16-12-20(11-13-5-3-2-4-6-13)17-8-7-14(10-19)9-15(16)17/h2-9,12H,11H2,1H3. The monoisotopic (exact) mass is 290 g/mol. The molecule has 22 heavy (non-hydrogen) atoms. The van der Waals surface area contributed by atoms with E-state index in [9.17, 15) is 4.79 Å². The number of aromatic nitrogens is 1. The zero-order chi connectivity index (χ0) is 15.5. The Balaban J connectivity index is 2.15. The largest absolute Gasteiger partial charge is 0.465 e. The van der Waals surface area contributed by atoms with Gasteiger partial charge in [-0.15, -0.1) is 0 Å². The number of rotatable bonds is 3. The molecule has 0 aliphatic heterocycles. The predicted molar refractivity (Wildman–Crippen MR) is 83.5 cm³/mol. The van der Waals surface area contributed by atoms with Gasteiger partial charge in [-0.1, -0.05) is 30.3 Å². The molecule has 3 aromatic rings. The Hall–Kier alpha value is -3.06. The first-order valence-electron chi connectivity index (χ1n) is 6.88. The Labute approximate surface area is 128 Å². The third kappa shape index (κ3) is 2.45. The smallest absolute Gasteiger partial charge is 0.340 e. The summed E-state index contributed by atoms with van der Waals surface area (Å²) in [6, 6.07) is 17.4. The van der Waals surface area contributed by atoms with Crippen molar-refractivity contribution in [1.29, 1.82) is 5.26 Å². The second-order valence-corrected chi connectivity index (χ2v) is 4.99. The third-order valence-corrected chi connectivity index (χ3v) is 3.61. The van der Waals surface area contributed by atoms with E-state index in [0.717, 1.165) is 16.5 Å². The molecule has 0 saturated heterocycles. The third-order valence-electron chi connectivity index (χ3n) is 3.61. The van der Waals surface area contributed by atoms with Crippen LogP contribution in [0.1, 0.15) is 21.5 Å². The highest BCUT2D eigenvalue weighted by Gasteiger charge is 2.16. The van der Waals surface area contributed by atoms with Gasteiger partial charge in [0.2, 0.25) is 0 Å². The van der Waals surface area contributed by atoms with Gasteiger partial charge in [0.05, 0.1) is 24.3 Å². The van der Waals surface area contributed by atoms with Gasteiger partial charge < -0.3 is 9.30 Å². The van der Waals surface area contributed by atoms with Crippen LogP contribution in [-0.2, 0) is 11.3 Å². The number of benzene rings is 2. The lowest BCUT2D eigenvalue weighted by molar-refractivity contribution is 0.0602. The fraction of sp³-hybridized carbons (Fsp3) is 0.111. The summed E-state index contributed by atoms with van der Waals surface area (Å²) in [5, 5.41) is 9.79. The summed E-state index contributed by atoms with van der Waals surface area (Å²) >= 11 is 0. The molecule has 0 N–H and O–H groups in total. The number of methoxy groups -OCH3 is 1. The van der Waals surface area contributed by atoms with Crippen LogP contribution in [0.3, 0.4) is 0 Å². The van der Waals surface area contributed by atoms with Crippen LogP contribution in [0.2, 0.25) is 0 Å². The molecule has 108 valence electrons. The van der Waals surface area contributed by atoms with Crippen LogP contribution in [0, 0.1) is 11.3 Å². The molecule has 4 nitrogen and oxygen atoms in total. The molecule has 0 atom stereocenters. The van der Waals surface area contributed by atoms with Crippen LogP contribution in [0.15, 0.2) is 54.7 Å². The summed E-state index contributed by atoms with van der Waals surface area (Å²) in [5.74, 6) is -0.396. The van der Waals surface area contributed by atoms with E-state index in [-0.39, 0.29) is 0 Å². The van der Waals surface area contributed by atoms with Gasteiger partial charge in [0.25, 0.3) is 0 Å². The lowest BCUT2D eigenvalue weighted by atomic mass is 10.1. The van der Waals surface area contributed by atoms with Crippen molar-refractivity contribution in [3.05, 3.63) is 71.4 Å². The lowest BCUT2D eigenvalue weighted by Gasteiger charge is -2.05. The molecular formula is C18H14N2O2. The number of nitrogens with zero attached hydrogens (tertiary/aromatic N) is 2.